The molecule has 100 valence electrons. The van der Waals surface area contributed by atoms with E-state index < -0.39 is 0 Å². The van der Waals surface area contributed by atoms with E-state index in [1.807, 2.05) is 37.3 Å². The molecule has 0 amide bonds. The highest BCUT2D eigenvalue weighted by Crippen LogP contribution is 2.20. The summed E-state index contributed by atoms with van der Waals surface area (Å²) in [7, 11) is 0. The fourth-order valence-corrected chi connectivity index (χ4v) is 2.10. The van der Waals surface area contributed by atoms with Crippen LogP contribution in [0.25, 0.3) is 10.9 Å². The van der Waals surface area contributed by atoms with Crippen LogP contribution in [-0.4, -0.2) is 15.1 Å². The lowest BCUT2D eigenvalue weighted by Crippen LogP contribution is -2.02. The summed E-state index contributed by atoms with van der Waals surface area (Å²) < 4.78 is 0. The Kier molecular flexibility index (Phi) is 3.21. The Morgan fingerprint density at radius 3 is 2.95 bits per heavy atom. The maximum Gasteiger partial charge on any atom is 0.138 e. The van der Waals surface area contributed by atoms with Crippen LogP contribution in [0.2, 0.25) is 0 Å². The molecule has 2 N–H and O–H groups in total. The van der Waals surface area contributed by atoms with E-state index in [0.717, 1.165) is 22.3 Å². The summed E-state index contributed by atoms with van der Waals surface area (Å²) in [6.07, 6.45) is 1.78. The number of hydrogen-bond donors (Lipinski definition) is 2. The van der Waals surface area contributed by atoms with Crippen molar-refractivity contribution in [2.75, 3.05) is 5.32 Å². The van der Waals surface area contributed by atoms with E-state index in [1.54, 1.807) is 18.3 Å². The van der Waals surface area contributed by atoms with Gasteiger partial charge in [0.1, 0.15) is 11.4 Å². The molecule has 0 unspecified atom stereocenters. The van der Waals surface area contributed by atoms with Gasteiger partial charge in [0.2, 0.25) is 0 Å². The first-order chi connectivity index (χ1) is 9.72. The molecule has 20 heavy (non-hydrogen) atoms. The number of fused-ring (bicyclic) bond motifs is 1. The van der Waals surface area contributed by atoms with Gasteiger partial charge >= 0.3 is 0 Å². The quantitative estimate of drug-likeness (QED) is 0.763. The normalized spacial score (nSPS) is 10.7. The molecule has 1 aromatic carbocycles. The number of nitrogens with zero attached hydrogens (tertiary/aromatic N) is 2. The third-order valence-corrected chi connectivity index (χ3v) is 3.15. The summed E-state index contributed by atoms with van der Waals surface area (Å²) in [5.41, 5.74) is 3.49. The predicted octanol–water partition coefficient (Wildman–Crippen LogP) is 3.26. The molecule has 0 atom stereocenters. The van der Waals surface area contributed by atoms with Crippen molar-refractivity contribution in [3.63, 3.8) is 0 Å². The van der Waals surface area contributed by atoms with Gasteiger partial charge in [-0.05, 0) is 43.3 Å². The SMILES string of the molecule is Cc1ccc(O)c(CNc2ccc3ncccc3c2)n1. The van der Waals surface area contributed by atoms with E-state index in [4.69, 9.17) is 0 Å². The van der Waals surface area contributed by atoms with Crippen LogP contribution in [0, 0.1) is 6.92 Å². The van der Waals surface area contributed by atoms with Crippen molar-refractivity contribution in [3.05, 3.63) is 60.0 Å². The third kappa shape index (κ3) is 2.54. The smallest absolute Gasteiger partial charge is 0.138 e. The van der Waals surface area contributed by atoms with Gasteiger partial charge in [0.25, 0.3) is 0 Å². The van der Waals surface area contributed by atoms with Crippen molar-refractivity contribution in [2.45, 2.75) is 13.5 Å². The largest absolute Gasteiger partial charge is 0.506 e. The number of rotatable bonds is 3. The number of nitrogens with one attached hydrogen (secondary N) is 1. The Hall–Kier alpha value is -2.62. The van der Waals surface area contributed by atoms with Crippen LogP contribution in [0.15, 0.2) is 48.7 Å². The van der Waals surface area contributed by atoms with Gasteiger partial charge in [-0.15, -0.1) is 0 Å². The number of pyridine rings is 2. The van der Waals surface area contributed by atoms with E-state index in [9.17, 15) is 5.11 Å². The average Bonchev–Trinajstić information content (AvgIpc) is 2.48. The number of hydrogen-bond acceptors (Lipinski definition) is 4. The van der Waals surface area contributed by atoms with E-state index in [2.05, 4.69) is 15.3 Å². The molecule has 0 aliphatic heterocycles. The summed E-state index contributed by atoms with van der Waals surface area (Å²) in [4.78, 5) is 8.61. The number of aromatic nitrogens is 2. The summed E-state index contributed by atoms with van der Waals surface area (Å²) in [5, 5.41) is 14.1. The molecular weight excluding hydrogens is 250 g/mol. The summed E-state index contributed by atoms with van der Waals surface area (Å²) >= 11 is 0. The molecule has 0 fully saturated rings. The lowest BCUT2D eigenvalue weighted by molar-refractivity contribution is 0.464. The molecule has 4 heteroatoms. The minimum absolute atomic E-state index is 0.213. The van der Waals surface area contributed by atoms with Crippen molar-refractivity contribution in [2.24, 2.45) is 0 Å². The van der Waals surface area contributed by atoms with Gasteiger partial charge in [-0.3, -0.25) is 9.97 Å². The topological polar surface area (TPSA) is 58.0 Å². The van der Waals surface area contributed by atoms with Gasteiger partial charge in [0.15, 0.2) is 0 Å². The lowest BCUT2D eigenvalue weighted by atomic mass is 10.2. The first-order valence-corrected chi connectivity index (χ1v) is 6.46. The van der Waals surface area contributed by atoms with E-state index in [0.29, 0.717) is 12.2 Å². The standard InChI is InChI=1S/C16H15N3O/c1-11-4-7-16(20)15(19-11)10-18-13-5-6-14-12(9-13)3-2-8-17-14/h2-9,18,20H,10H2,1H3. The minimum Gasteiger partial charge on any atom is -0.506 e. The molecule has 0 spiro atoms. The first-order valence-electron chi connectivity index (χ1n) is 6.46. The maximum absolute atomic E-state index is 9.77. The Balaban J connectivity index is 1.81. The molecule has 3 rings (SSSR count). The van der Waals surface area contributed by atoms with Gasteiger partial charge in [0.05, 0.1) is 12.1 Å². The fourth-order valence-electron chi connectivity index (χ4n) is 2.10. The number of benzene rings is 1. The van der Waals surface area contributed by atoms with Crippen molar-refractivity contribution < 1.29 is 5.11 Å². The zero-order valence-electron chi connectivity index (χ0n) is 11.2. The Morgan fingerprint density at radius 1 is 1.15 bits per heavy atom. The maximum atomic E-state index is 9.77. The highest BCUT2D eigenvalue weighted by Gasteiger charge is 2.03. The van der Waals surface area contributed by atoms with Gasteiger partial charge in [-0.2, -0.15) is 0 Å². The van der Waals surface area contributed by atoms with Crippen LogP contribution in [0.3, 0.4) is 0 Å². The third-order valence-electron chi connectivity index (χ3n) is 3.15. The Morgan fingerprint density at radius 2 is 2.05 bits per heavy atom. The minimum atomic E-state index is 0.213. The molecular formula is C16H15N3O. The molecule has 2 aromatic heterocycles. The lowest BCUT2D eigenvalue weighted by Gasteiger charge is -2.09. The van der Waals surface area contributed by atoms with Crippen molar-refractivity contribution in [1.29, 1.82) is 0 Å². The van der Waals surface area contributed by atoms with Gasteiger partial charge in [0, 0.05) is 23.0 Å². The molecule has 0 aliphatic rings. The molecule has 0 aliphatic carbocycles. The highest BCUT2D eigenvalue weighted by molar-refractivity contribution is 5.82. The molecule has 0 bridgehead atoms. The number of aryl methyl sites for hydroxylation is 1. The molecule has 4 nitrogen and oxygen atoms in total. The molecule has 2 heterocycles. The number of anilines is 1. The molecule has 3 aromatic rings. The second kappa shape index (κ2) is 5.17. The van der Waals surface area contributed by atoms with Crippen molar-refractivity contribution in [1.82, 2.24) is 9.97 Å². The summed E-state index contributed by atoms with van der Waals surface area (Å²) in [6.45, 7) is 2.39. The second-order valence-electron chi connectivity index (χ2n) is 4.68. The average molecular weight is 265 g/mol. The van der Waals surface area contributed by atoms with Crippen LogP contribution in [-0.2, 0) is 6.54 Å². The predicted molar refractivity (Wildman–Crippen MR) is 79.7 cm³/mol. The molecule has 0 saturated heterocycles. The Bertz CT molecular complexity index is 756. The fraction of sp³-hybridized carbons (Fsp3) is 0.125. The van der Waals surface area contributed by atoms with Gasteiger partial charge < -0.3 is 10.4 Å². The van der Waals surface area contributed by atoms with Gasteiger partial charge in [-0.1, -0.05) is 6.07 Å². The van der Waals surface area contributed by atoms with E-state index >= 15 is 0 Å². The van der Waals surface area contributed by atoms with E-state index in [-0.39, 0.29) is 5.75 Å². The number of aromatic hydroxyl groups is 1. The van der Waals surface area contributed by atoms with Crippen LogP contribution in [0.4, 0.5) is 5.69 Å². The van der Waals surface area contributed by atoms with Crippen LogP contribution >= 0.6 is 0 Å². The van der Waals surface area contributed by atoms with Crippen LogP contribution in [0.5, 0.6) is 5.75 Å². The summed E-state index contributed by atoms with van der Waals surface area (Å²) in [6, 6.07) is 13.4. The zero-order valence-corrected chi connectivity index (χ0v) is 11.2. The van der Waals surface area contributed by atoms with Crippen molar-refractivity contribution >= 4 is 16.6 Å². The van der Waals surface area contributed by atoms with Gasteiger partial charge in [-0.25, -0.2) is 0 Å². The second-order valence-corrected chi connectivity index (χ2v) is 4.68. The zero-order chi connectivity index (χ0) is 13.9. The van der Waals surface area contributed by atoms with Crippen LogP contribution in [0.1, 0.15) is 11.4 Å². The molecule has 0 saturated carbocycles. The Labute approximate surface area is 117 Å². The van der Waals surface area contributed by atoms with E-state index in [1.165, 1.54) is 0 Å². The monoisotopic (exact) mass is 265 g/mol. The van der Waals surface area contributed by atoms with Crippen molar-refractivity contribution in [3.8, 4) is 5.75 Å². The summed E-state index contributed by atoms with van der Waals surface area (Å²) in [5.74, 6) is 0.213. The highest BCUT2D eigenvalue weighted by atomic mass is 16.3. The molecule has 0 radical (unpaired) electrons. The van der Waals surface area contributed by atoms with Crippen LogP contribution < -0.4 is 5.32 Å². The first kappa shape index (κ1) is 12.4.